The molecule has 0 bridgehead atoms. The fourth-order valence-corrected chi connectivity index (χ4v) is 9.37. The lowest BCUT2D eigenvalue weighted by atomic mass is 9.91. The monoisotopic (exact) mass is 771 g/mol. The zero-order chi connectivity index (χ0) is 40.7. The summed E-state index contributed by atoms with van der Waals surface area (Å²) in [5.41, 5.74) is -2.03. The second kappa shape index (κ2) is 16.5. The van der Waals surface area contributed by atoms with Crippen LogP contribution in [0.3, 0.4) is 0 Å². The summed E-state index contributed by atoms with van der Waals surface area (Å²) in [4.78, 5) is 84.4. The topological polar surface area (TPSA) is 117 Å². The third kappa shape index (κ3) is 6.95. The van der Waals surface area contributed by atoms with E-state index in [1.165, 1.54) is 13.7 Å². The number of aromatic nitrogens is 3. The first-order valence-electron chi connectivity index (χ1n) is 21.6. The van der Waals surface area contributed by atoms with E-state index >= 15 is 0 Å². The third-order valence-corrected chi connectivity index (χ3v) is 13.1. The van der Waals surface area contributed by atoms with Crippen molar-refractivity contribution in [2.45, 2.75) is 138 Å². The van der Waals surface area contributed by atoms with Crippen LogP contribution in [0.15, 0.2) is 65.2 Å². The molecule has 0 aliphatic rings. The van der Waals surface area contributed by atoms with Crippen molar-refractivity contribution in [1.82, 2.24) is 13.7 Å². The van der Waals surface area contributed by atoms with Gasteiger partial charge in [0.2, 0.25) is 0 Å². The third-order valence-electron chi connectivity index (χ3n) is 13.1. The van der Waals surface area contributed by atoms with Crippen LogP contribution in [0.25, 0.3) is 64.6 Å². The number of fused-ring (bicyclic) bond motifs is 9. The largest absolute Gasteiger partial charge is 0.274 e. The van der Waals surface area contributed by atoms with Gasteiger partial charge in [-0.05, 0) is 106 Å². The first-order chi connectivity index (χ1) is 27.5. The molecule has 7 aromatic rings. The summed E-state index contributed by atoms with van der Waals surface area (Å²) >= 11 is 0. The average molecular weight is 772 g/mol. The van der Waals surface area contributed by atoms with Crippen molar-refractivity contribution in [3.05, 3.63) is 98.5 Å². The standard InChI is InChI=1S/C48H57N3O6/c1-7-13-16-28(10-4)25-49-43(52)37-19-31-32(20-38(37)44(49)53)34-22-40-42(48(57)51(46(40)55)27-30(12-6)18-15-9-3)24-36(34)35-23-41-39(21-33(31)35)45(54)50(47(41)56)26-29(11-5)17-14-8-2/h19-24,28-30H,7-18,25-27H2,1-6H3. The van der Waals surface area contributed by atoms with Gasteiger partial charge in [-0.2, -0.15) is 0 Å². The van der Waals surface area contributed by atoms with Gasteiger partial charge < -0.3 is 0 Å². The highest BCUT2D eigenvalue weighted by Crippen LogP contribution is 2.39. The molecule has 3 unspecified atom stereocenters. The predicted octanol–water partition coefficient (Wildman–Crippen LogP) is 9.13. The molecule has 300 valence electrons. The molecule has 0 saturated carbocycles. The lowest BCUT2D eigenvalue weighted by Gasteiger charge is -2.13. The van der Waals surface area contributed by atoms with E-state index in [1.54, 1.807) is 36.4 Å². The molecule has 0 amide bonds. The molecule has 0 aliphatic heterocycles. The Bertz CT molecular complexity index is 2440. The summed E-state index contributed by atoms with van der Waals surface area (Å²) in [7, 11) is 0. The van der Waals surface area contributed by atoms with E-state index in [0.29, 0.717) is 84.3 Å². The molecule has 9 heteroatoms. The summed E-state index contributed by atoms with van der Waals surface area (Å²) in [6, 6.07) is 10.6. The van der Waals surface area contributed by atoms with E-state index in [0.717, 1.165) is 77.0 Å². The number of hydrogen-bond acceptors (Lipinski definition) is 6. The first kappa shape index (κ1) is 40.3. The Hall–Kier alpha value is -4.92. The fourth-order valence-electron chi connectivity index (χ4n) is 9.37. The zero-order valence-corrected chi connectivity index (χ0v) is 34.6. The van der Waals surface area contributed by atoms with Crippen LogP contribution < -0.4 is 33.4 Å². The highest BCUT2D eigenvalue weighted by Gasteiger charge is 2.24. The maximum atomic E-state index is 14.1. The van der Waals surface area contributed by atoms with Gasteiger partial charge in [-0.15, -0.1) is 0 Å². The van der Waals surface area contributed by atoms with Gasteiger partial charge in [0.05, 0.1) is 32.3 Å². The van der Waals surface area contributed by atoms with Gasteiger partial charge in [0.1, 0.15) is 0 Å². The lowest BCUT2D eigenvalue weighted by molar-refractivity contribution is 0.384. The quantitative estimate of drug-likeness (QED) is 0.0804. The maximum Gasteiger partial charge on any atom is 0.261 e. The molecule has 3 heterocycles. The zero-order valence-electron chi connectivity index (χ0n) is 34.6. The molecule has 9 nitrogen and oxygen atoms in total. The van der Waals surface area contributed by atoms with Crippen molar-refractivity contribution in [2.75, 3.05) is 0 Å². The van der Waals surface area contributed by atoms with Gasteiger partial charge in [-0.3, -0.25) is 42.5 Å². The van der Waals surface area contributed by atoms with Crippen LogP contribution in [0.4, 0.5) is 0 Å². The summed E-state index contributed by atoms with van der Waals surface area (Å²) in [6.45, 7) is 13.7. The lowest BCUT2D eigenvalue weighted by Crippen LogP contribution is -2.28. The minimum absolute atomic E-state index is 0.190. The van der Waals surface area contributed by atoms with Crippen molar-refractivity contribution in [3.8, 4) is 0 Å². The molecular formula is C48H57N3O6. The molecule has 57 heavy (non-hydrogen) atoms. The Morgan fingerprint density at radius 2 is 0.526 bits per heavy atom. The Labute approximate surface area is 332 Å². The van der Waals surface area contributed by atoms with Crippen LogP contribution >= 0.6 is 0 Å². The number of nitrogens with zero attached hydrogens (tertiary/aromatic N) is 3. The van der Waals surface area contributed by atoms with E-state index in [9.17, 15) is 28.8 Å². The van der Waals surface area contributed by atoms with Crippen LogP contribution in [0.5, 0.6) is 0 Å². The Morgan fingerprint density at radius 1 is 0.333 bits per heavy atom. The van der Waals surface area contributed by atoms with Crippen LogP contribution in [-0.2, 0) is 19.6 Å². The van der Waals surface area contributed by atoms with Gasteiger partial charge in [0.25, 0.3) is 33.4 Å². The van der Waals surface area contributed by atoms with Gasteiger partial charge in [0.15, 0.2) is 0 Å². The van der Waals surface area contributed by atoms with Crippen molar-refractivity contribution in [3.63, 3.8) is 0 Å². The molecule has 7 rings (SSSR count). The summed E-state index contributed by atoms with van der Waals surface area (Å²) in [5, 5.41) is 5.71. The summed E-state index contributed by atoms with van der Waals surface area (Å²) in [6.07, 6.45) is 11.5. The minimum atomic E-state index is -0.338. The van der Waals surface area contributed by atoms with E-state index in [1.807, 2.05) is 0 Å². The average Bonchev–Trinajstić information content (AvgIpc) is 3.70. The van der Waals surface area contributed by atoms with Crippen LogP contribution in [0.2, 0.25) is 0 Å². The minimum Gasteiger partial charge on any atom is -0.274 e. The van der Waals surface area contributed by atoms with Crippen LogP contribution in [-0.4, -0.2) is 13.7 Å². The van der Waals surface area contributed by atoms with Crippen molar-refractivity contribution >= 4 is 64.6 Å². The van der Waals surface area contributed by atoms with E-state index in [4.69, 9.17) is 0 Å². The van der Waals surface area contributed by atoms with E-state index in [2.05, 4.69) is 41.5 Å². The molecule has 4 aromatic carbocycles. The number of unbranched alkanes of at least 4 members (excludes halogenated alkanes) is 3. The Kier molecular flexibility index (Phi) is 11.7. The first-order valence-corrected chi connectivity index (χ1v) is 21.6. The van der Waals surface area contributed by atoms with Gasteiger partial charge in [0, 0.05) is 19.6 Å². The molecule has 0 saturated heterocycles. The molecule has 3 atom stereocenters. The second-order valence-electron chi connectivity index (χ2n) is 16.7. The van der Waals surface area contributed by atoms with E-state index < -0.39 is 0 Å². The van der Waals surface area contributed by atoms with Crippen LogP contribution in [0.1, 0.15) is 119 Å². The number of benzene rings is 4. The number of hydrogen-bond donors (Lipinski definition) is 0. The highest BCUT2D eigenvalue weighted by molar-refractivity contribution is 6.30. The van der Waals surface area contributed by atoms with Gasteiger partial charge in [-0.1, -0.05) is 99.3 Å². The van der Waals surface area contributed by atoms with Crippen molar-refractivity contribution in [1.29, 1.82) is 0 Å². The summed E-state index contributed by atoms with van der Waals surface area (Å²) in [5.74, 6) is 0.569. The Balaban J connectivity index is 1.55. The maximum absolute atomic E-state index is 14.1. The molecule has 0 N–H and O–H groups in total. The van der Waals surface area contributed by atoms with Gasteiger partial charge >= 0.3 is 0 Å². The molecule has 0 fully saturated rings. The highest BCUT2D eigenvalue weighted by atomic mass is 16.2. The smallest absolute Gasteiger partial charge is 0.261 e. The van der Waals surface area contributed by atoms with Gasteiger partial charge in [-0.25, -0.2) is 0 Å². The van der Waals surface area contributed by atoms with Crippen molar-refractivity contribution < 1.29 is 0 Å². The molecular weight excluding hydrogens is 715 g/mol. The molecule has 3 aromatic heterocycles. The second-order valence-corrected chi connectivity index (χ2v) is 16.7. The van der Waals surface area contributed by atoms with Crippen LogP contribution in [0, 0.1) is 17.8 Å². The fraction of sp³-hybridized carbons (Fsp3) is 0.500. The molecule has 0 radical (unpaired) electrons. The van der Waals surface area contributed by atoms with Crippen molar-refractivity contribution in [2.24, 2.45) is 17.8 Å². The molecule has 0 spiro atoms. The summed E-state index contributed by atoms with van der Waals surface area (Å²) < 4.78 is 4.12. The SMILES string of the molecule is CCCCC(CC)Cn1c(=O)c2cc3c4cc5c(=O)n(CC(CC)CCCC)c(=O)c5cc4c4cc5c(=O)n(CC(CC)CCCC)c(=O)c5cc4c3cc2c1=O. The van der Waals surface area contributed by atoms with E-state index in [-0.39, 0.29) is 51.1 Å². The molecule has 0 aliphatic carbocycles. The Morgan fingerprint density at radius 3 is 0.684 bits per heavy atom. The predicted molar refractivity (Wildman–Crippen MR) is 237 cm³/mol. The normalized spacial score (nSPS) is 14.0. The number of rotatable bonds is 18.